The Labute approximate surface area is 128 Å². The van der Waals surface area contributed by atoms with Gasteiger partial charge in [0.2, 0.25) is 5.91 Å². The fraction of sp³-hybridized carbons (Fsp3) is 0.571. The van der Waals surface area contributed by atoms with Crippen molar-refractivity contribution in [3.05, 3.63) is 17.0 Å². The average Bonchev–Trinajstić information content (AvgIpc) is 3.31. The summed E-state index contributed by atoms with van der Waals surface area (Å²) in [6.07, 6.45) is 3.63. The quantitative estimate of drug-likeness (QED) is 0.827. The first-order valence-corrected chi connectivity index (χ1v) is 7.46. The van der Waals surface area contributed by atoms with Crippen LogP contribution in [0, 0.1) is 17.2 Å². The van der Waals surface area contributed by atoms with Crippen molar-refractivity contribution >= 4 is 23.3 Å². The summed E-state index contributed by atoms with van der Waals surface area (Å²) in [5.74, 6) is 1.19. The van der Waals surface area contributed by atoms with E-state index >= 15 is 0 Å². The van der Waals surface area contributed by atoms with Crippen LogP contribution in [0.5, 0.6) is 0 Å². The molecule has 1 saturated carbocycles. The number of rotatable bonds is 2. The van der Waals surface area contributed by atoms with E-state index in [9.17, 15) is 4.79 Å². The number of piperazine rings is 1. The van der Waals surface area contributed by atoms with Gasteiger partial charge in [0.05, 0.1) is 6.20 Å². The number of carbonyl (C=O) groups excluding carboxylic acids is 1. The number of nitriles is 1. The largest absolute Gasteiger partial charge is 0.351 e. The second-order valence-corrected chi connectivity index (χ2v) is 5.94. The monoisotopic (exact) mass is 305 g/mol. The molecule has 1 saturated heterocycles. The van der Waals surface area contributed by atoms with Gasteiger partial charge in [-0.15, -0.1) is 0 Å². The van der Waals surface area contributed by atoms with Gasteiger partial charge in [0, 0.05) is 31.6 Å². The van der Waals surface area contributed by atoms with Gasteiger partial charge < -0.3 is 9.80 Å². The Morgan fingerprint density at radius 3 is 2.81 bits per heavy atom. The van der Waals surface area contributed by atoms with Crippen LogP contribution in [0.3, 0.4) is 0 Å². The molecule has 1 aromatic rings. The predicted octanol–water partition coefficient (Wildman–Crippen LogP) is 1.45. The second-order valence-electron chi connectivity index (χ2n) is 5.58. The smallest absolute Gasteiger partial charge is 0.226 e. The molecule has 0 aromatic carbocycles. The minimum atomic E-state index is 0.124. The lowest BCUT2D eigenvalue weighted by Gasteiger charge is -2.40. The molecule has 110 valence electrons. The van der Waals surface area contributed by atoms with Crippen LogP contribution in [0.2, 0.25) is 5.15 Å². The Kier molecular flexibility index (Phi) is 3.68. The van der Waals surface area contributed by atoms with E-state index in [2.05, 4.69) is 14.9 Å². The second kappa shape index (κ2) is 5.49. The van der Waals surface area contributed by atoms with E-state index in [1.54, 1.807) is 6.20 Å². The molecule has 1 aliphatic carbocycles. The predicted molar refractivity (Wildman–Crippen MR) is 77.9 cm³/mol. The summed E-state index contributed by atoms with van der Waals surface area (Å²) in [5.41, 5.74) is 0.135. The molecule has 0 spiro atoms. The molecule has 6 nitrogen and oxygen atoms in total. The first-order chi connectivity index (χ1) is 10.1. The Bertz CT molecular complexity index is 610. The summed E-state index contributed by atoms with van der Waals surface area (Å²) < 4.78 is 0. The maximum absolute atomic E-state index is 12.2. The standard InChI is InChI=1S/C14H16ClN5O/c1-9-8-19(4-5-20(9)14(21)10-2-3-10)12-7-17-11(6-16)13(15)18-12/h7,9-10H,2-5,8H2,1H3/t9-/m1/s1. The van der Waals surface area contributed by atoms with E-state index in [4.69, 9.17) is 16.9 Å². The maximum Gasteiger partial charge on any atom is 0.226 e. The molecular formula is C14H16ClN5O. The Morgan fingerprint density at radius 2 is 2.24 bits per heavy atom. The van der Waals surface area contributed by atoms with Crippen molar-refractivity contribution in [2.24, 2.45) is 5.92 Å². The first-order valence-electron chi connectivity index (χ1n) is 7.08. The zero-order valence-electron chi connectivity index (χ0n) is 11.8. The third-order valence-corrected chi connectivity index (χ3v) is 4.25. The molecular weight excluding hydrogens is 290 g/mol. The molecule has 1 aliphatic heterocycles. The summed E-state index contributed by atoms with van der Waals surface area (Å²) in [5, 5.41) is 8.94. The van der Waals surface area contributed by atoms with Gasteiger partial charge in [0.1, 0.15) is 11.9 Å². The van der Waals surface area contributed by atoms with E-state index in [-0.39, 0.29) is 28.7 Å². The summed E-state index contributed by atoms with van der Waals surface area (Å²) in [6, 6.07) is 2.04. The van der Waals surface area contributed by atoms with Gasteiger partial charge in [-0.05, 0) is 19.8 Å². The SMILES string of the molecule is C[C@@H]1CN(c2cnc(C#N)c(Cl)n2)CCN1C(=O)C1CC1. The van der Waals surface area contributed by atoms with Gasteiger partial charge in [-0.3, -0.25) is 4.79 Å². The normalized spacial score (nSPS) is 22.0. The number of amides is 1. The summed E-state index contributed by atoms with van der Waals surface area (Å²) >= 11 is 5.93. The summed E-state index contributed by atoms with van der Waals surface area (Å²) in [4.78, 5) is 24.4. The molecule has 1 atom stereocenters. The minimum Gasteiger partial charge on any atom is -0.351 e. The average molecular weight is 306 g/mol. The van der Waals surface area contributed by atoms with Gasteiger partial charge in [0.25, 0.3) is 0 Å². The van der Waals surface area contributed by atoms with E-state index in [0.717, 1.165) is 12.8 Å². The fourth-order valence-corrected chi connectivity index (χ4v) is 2.82. The fourth-order valence-electron chi connectivity index (χ4n) is 2.64. The highest BCUT2D eigenvalue weighted by atomic mass is 35.5. The number of carbonyl (C=O) groups is 1. The molecule has 21 heavy (non-hydrogen) atoms. The molecule has 1 aromatic heterocycles. The van der Waals surface area contributed by atoms with Crippen molar-refractivity contribution in [3.8, 4) is 6.07 Å². The zero-order valence-corrected chi connectivity index (χ0v) is 12.5. The van der Waals surface area contributed by atoms with Gasteiger partial charge >= 0.3 is 0 Å². The number of nitrogens with zero attached hydrogens (tertiary/aromatic N) is 5. The third-order valence-electron chi connectivity index (χ3n) is 3.98. The number of anilines is 1. The molecule has 1 amide bonds. The number of hydrogen-bond acceptors (Lipinski definition) is 5. The highest BCUT2D eigenvalue weighted by molar-refractivity contribution is 6.30. The van der Waals surface area contributed by atoms with Crippen molar-refractivity contribution in [3.63, 3.8) is 0 Å². The molecule has 0 bridgehead atoms. The lowest BCUT2D eigenvalue weighted by Crippen LogP contribution is -2.54. The molecule has 0 N–H and O–H groups in total. The summed E-state index contributed by atoms with van der Waals surface area (Å²) in [7, 11) is 0. The zero-order chi connectivity index (χ0) is 15.0. The Morgan fingerprint density at radius 1 is 1.48 bits per heavy atom. The van der Waals surface area contributed by atoms with Crippen molar-refractivity contribution in [1.29, 1.82) is 5.26 Å². The van der Waals surface area contributed by atoms with Crippen LogP contribution in [0.15, 0.2) is 6.20 Å². The lowest BCUT2D eigenvalue weighted by atomic mass is 10.1. The first kappa shape index (κ1) is 14.1. The molecule has 7 heteroatoms. The van der Waals surface area contributed by atoms with Crippen LogP contribution in [0.4, 0.5) is 5.82 Å². The van der Waals surface area contributed by atoms with E-state index in [1.165, 1.54) is 0 Å². The van der Waals surface area contributed by atoms with Crippen LogP contribution in [0.1, 0.15) is 25.5 Å². The highest BCUT2D eigenvalue weighted by Crippen LogP contribution is 2.32. The molecule has 0 unspecified atom stereocenters. The van der Waals surface area contributed by atoms with E-state index in [1.807, 2.05) is 17.9 Å². The molecule has 2 heterocycles. The van der Waals surface area contributed by atoms with Crippen LogP contribution < -0.4 is 4.90 Å². The molecule has 2 aliphatic rings. The van der Waals surface area contributed by atoms with Crippen LogP contribution in [-0.2, 0) is 4.79 Å². The molecule has 3 rings (SSSR count). The maximum atomic E-state index is 12.2. The van der Waals surface area contributed by atoms with E-state index in [0.29, 0.717) is 25.5 Å². The van der Waals surface area contributed by atoms with Crippen LogP contribution in [0.25, 0.3) is 0 Å². The Balaban J connectivity index is 1.70. The van der Waals surface area contributed by atoms with Crippen LogP contribution in [-0.4, -0.2) is 46.5 Å². The van der Waals surface area contributed by atoms with Crippen molar-refractivity contribution in [1.82, 2.24) is 14.9 Å². The topological polar surface area (TPSA) is 73.1 Å². The van der Waals surface area contributed by atoms with Crippen LogP contribution >= 0.6 is 11.6 Å². The lowest BCUT2D eigenvalue weighted by molar-refractivity contribution is -0.134. The number of halogens is 1. The number of hydrogen-bond donors (Lipinski definition) is 0. The Hall–Kier alpha value is -1.87. The highest BCUT2D eigenvalue weighted by Gasteiger charge is 2.37. The number of aromatic nitrogens is 2. The van der Waals surface area contributed by atoms with Gasteiger partial charge in [-0.2, -0.15) is 5.26 Å². The van der Waals surface area contributed by atoms with Crippen molar-refractivity contribution in [2.45, 2.75) is 25.8 Å². The minimum absolute atomic E-state index is 0.124. The van der Waals surface area contributed by atoms with Gasteiger partial charge in [0.15, 0.2) is 10.8 Å². The molecule has 0 radical (unpaired) electrons. The van der Waals surface area contributed by atoms with Gasteiger partial charge in [-0.25, -0.2) is 9.97 Å². The summed E-state index contributed by atoms with van der Waals surface area (Å²) in [6.45, 7) is 4.15. The third kappa shape index (κ3) is 2.79. The van der Waals surface area contributed by atoms with E-state index < -0.39 is 0 Å². The van der Waals surface area contributed by atoms with Crippen molar-refractivity contribution in [2.75, 3.05) is 24.5 Å². The van der Waals surface area contributed by atoms with Gasteiger partial charge in [-0.1, -0.05) is 11.6 Å². The molecule has 2 fully saturated rings. The van der Waals surface area contributed by atoms with Crippen molar-refractivity contribution < 1.29 is 4.79 Å².